The van der Waals surface area contributed by atoms with E-state index in [0.29, 0.717) is 6.54 Å². The van der Waals surface area contributed by atoms with Gasteiger partial charge in [-0.3, -0.25) is 0 Å². The summed E-state index contributed by atoms with van der Waals surface area (Å²) in [5.74, 6) is 1.58. The molecule has 0 aliphatic rings. The van der Waals surface area contributed by atoms with E-state index in [0.717, 1.165) is 29.0 Å². The van der Waals surface area contributed by atoms with Crippen molar-refractivity contribution in [1.29, 1.82) is 0 Å². The molecule has 0 unspecified atom stereocenters. The average molecular weight is 211 g/mol. The number of ether oxygens (including phenoxy) is 2. The molecule has 1 aromatic rings. The molecule has 0 aliphatic heterocycles. The second-order valence-corrected chi connectivity index (χ2v) is 3.16. The molecule has 0 spiro atoms. The first-order chi connectivity index (χ1) is 7.26. The van der Waals surface area contributed by atoms with Crippen LogP contribution in [0, 0.1) is 0 Å². The van der Waals surface area contributed by atoms with Crippen molar-refractivity contribution in [3.8, 4) is 11.5 Å². The number of hydroxylamine groups is 1. The lowest BCUT2D eigenvalue weighted by molar-refractivity contribution is 0.160. The van der Waals surface area contributed by atoms with Crippen LogP contribution in [0.4, 0.5) is 0 Å². The van der Waals surface area contributed by atoms with E-state index in [-0.39, 0.29) is 0 Å². The topological polar surface area (TPSA) is 50.7 Å². The molecule has 4 nitrogen and oxygen atoms in total. The monoisotopic (exact) mass is 211 g/mol. The number of nitrogens with one attached hydrogen (secondary N) is 1. The van der Waals surface area contributed by atoms with E-state index in [1.807, 2.05) is 12.1 Å². The zero-order valence-corrected chi connectivity index (χ0v) is 9.33. The second kappa shape index (κ2) is 5.58. The second-order valence-electron chi connectivity index (χ2n) is 3.16. The lowest BCUT2D eigenvalue weighted by atomic mass is 10.1. The summed E-state index contributed by atoms with van der Waals surface area (Å²) in [6.07, 6.45) is 0.881. The van der Waals surface area contributed by atoms with Gasteiger partial charge in [-0.05, 0) is 24.1 Å². The van der Waals surface area contributed by atoms with Crippen molar-refractivity contribution in [3.63, 3.8) is 0 Å². The fraction of sp³-hybridized carbons (Fsp3) is 0.455. The van der Waals surface area contributed by atoms with Crippen LogP contribution >= 0.6 is 0 Å². The van der Waals surface area contributed by atoms with Gasteiger partial charge in [-0.25, -0.2) is 5.48 Å². The third-order valence-corrected chi connectivity index (χ3v) is 2.33. The molecular formula is C11H17NO3. The average Bonchev–Trinajstić information content (AvgIpc) is 2.28. The predicted octanol–water partition coefficient (Wildman–Crippen LogP) is 1.74. The van der Waals surface area contributed by atoms with Crippen LogP contribution in [0.1, 0.15) is 18.1 Å². The van der Waals surface area contributed by atoms with Crippen LogP contribution in [-0.2, 0) is 13.0 Å². The molecule has 0 atom stereocenters. The summed E-state index contributed by atoms with van der Waals surface area (Å²) < 4.78 is 10.5. The first kappa shape index (κ1) is 11.8. The van der Waals surface area contributed by atoms with Gasteiger partial charge in [0.05, 0.1) is 14.2 Å². The predicted molar refractivity (Wildman–Crippen MR) is 57.6 cm³/mol. The van der Waals surface area contributed by atoms with Crippen LogP contribution in [0.25, 0.3) is 0 Å². The molecule has 2 N–H and O–H groups in total. The summed E-state index contributed by atoms with van der Waals surface area (Å²) in [6.45, 7) is 2.39. The van der Waals surface area contributed by atoms with E-state index in [1.165, 1.54) is 0 Å². The number of hydrogen-bond acceptors (Lipinski definition) is 4. The van der Waals surface area contributed by atoms with E-state index >= 15 is 0 Å². The lowest BCUT2D eigenvalue weighted by Crippen LogP contribution is -2.08. The quantitative estimate of drug-likeness (QED) is 0.728. The van der Waals surface area contributed by atoms with Gasteiger partial charge in [0.2, 0.25) is 0 Å². The summed E-state index contributed by atoms with van der Waals surface area (Å²) in [7, 11) is 3.25. The van der Waals surface area contributed by atoms with Gasteiger partial charge in [0, 0.05) is 12.1 Å². The van der Waals surface area contributed by atoms with Crippen LogP contribution in [0.5, 0.6) is 11.5 Å². The molecule has 1 rings (SSSR count). The molecule has 84 valence electrons. The van der Waals surface area contributed by atoms with Gasteiger partial charge in [-0.2, -0.15) is 0 Å². The fourth-order valence-electron chi connectivity index (χ4n) is 1.52. The molecule has 0 aromatic heterocycles. The van der Waals surface area contributed by atoms with Crippen molar-refractivity contribution < 1.29 is 14.7 Å². The minimum absolute atomic E-state index is 0.337. The number of aryl methyl sites for hydroxylation is 1. The van der Waals surface area contributed by atoms with E-state index in [9.17, 15) is 0 Å². The highest BCUT2D eigenvalue weighted by Crippen LogP contribution is 2.29. The molecule has 0 radical (unpaired) electrons. The van der Waals surface area contributed by atoms with E-state index in [2.05, 4.69) is 12.4 Å². The van der Waals surface area contributed by atoms with Crippen molar-refractivity contribution in [1.82, 2.24) is 5.48 Å². The number of methoxy groups -OCH3 is 2. The SMILES string of the molecule is CCc1cc(OC)c(CNO)cc1OC. The van der Waals surface area contributed by atoms with Gasteiger partial charge in [-0.1, -0.05) is 6.92 Å². The van der Waals surface area contributed by atoms with Crippen molar-refractivity contribution in [3.05, 3.63) is 23.3 Å². The molecule has 0 bridgehead atoms. The Hall–Kier alpha value is -1.26. The lowest BCUT2D eigenvalue weighted by Gasteiger charge is -2.13. The molecule has 0 saturated carbocycles. The Bertz CT molecular complexity index is 326. The molecule has 0 heterocycles. The summed E-state index contributed by atoms with van der Waals surface area (Å²) in [5, 5.41) is 8.68. The van der Waals surface area contributed by atoms with Crippen molar-refractivity contribution in [2.45, 2.75) is 19.9 Å². The third-order valence-electron chi connectivity index (χ3n) is 2.33. The maximum absolute atomic E-state index is 8.68. The van der Waals surface area contributed by atoms with Crippen molar-refractivity contribution in [2.24, 2.45) is 0 Å². The van der Waals surface area contributed by atoms with Gasteiger partial charge >= 0.3 is 0 Å². The summed E-state index contributed by atoms with van der Waals surface area (Å²) in [4.78, 5) is 0. The van der Waals surface area contributed by atoms with Gasteiger partial charge in [0.15, 0.2) is 0 Å². The minimum atomic E-state index is 0.337. The van der Waals surface area contributed by atoms with Crippen LogP contribution in [0.2, 0.25) is 0 Å². The summed E-state index contributed by atoms with van der Waals surface area (Å²) in [6, 6.07) is 3.81. The molecular weight excluding hydrogens is 194 g/mol. The maximum atomic E-state index is 8.68. The minimum Gasteiger partial charge on any atom is -0.496 e. The van der Waals surface area contributed by atoms with Crippen molar-refractivity contribution >= 4 is 0 Å². The Kier molecular flexibility index (Phi) is 4.39. The zero-order valence-electron chi connectivity index (χ0n) is 9.33. The highest BCUT2D eigenvalue weighted by Gasteiger charge is 2.09. The molecule has 4 heteroatoms. The summed E-state index contributed by atoms with van der Waals surface area (Å²) >= 11 is 0. The fourth-order valence-corrected chi connectivity index (χ4v) is 1.52. The van der Waals surface area contributed by atoms with Gasteiger partial charge in [0.25, 0.3) is 0 Å². The van der Waals surface area contributed by atoms with Gasteiger partial charge in [-0.15, -0.1) is 0 Å². The Morgan fingerprint density at radius 3 is 2.13 bits per heavy atom. The largest absolute Gasteiger partial charge is 0.496 e. The highest BCUT2D eigenvalue weighted by molar-refractivity contribution is 5.46. The van der Waals surface area contributed by atoms with Crippen LogP contribution in [0.3, 0.4) is 0 Å². The Labute approximate surface area is 89.8 Å². The highest BCUT2D eigenvalue weighted by atomic mass is 16.5. The Balaban J connectivity index is 3.15. The maximum Gasteiger partial charge on any atom is 0.123 e. The Morgan fingerprint density at radius 1 is 1.13 bits per heavy atom. The van der Waals surface area contributed by atoms with Crippen LogP contribution in [0.15, 0.2) is 12.1 Å². The smallest absolute Gasteiger partial charge is 0.123 e. The number of rotatable bonds is 5. The van der Waals surface area contributed by atoms with Crippen molar-refractivity contribution in [2.75, 3.05) is 14.2 Å². The first-order valence-electron chi connectivity index (χ1n) is 4.87. The normalized spacial score (nSPS) is 10.1. The van der Waals surface area contributed by atoms with Crippen LogP contribution < -0.4 is 15.0 Å². The molecule has 1 aromatic carbocycles. The molecule has 0 fully saturated rings. The molecule has 0 amide bonds. The Morgan fingerprint density at radius 2 is 1.67 bits per heavy atom. The van der Waals surface area contributed by atoms with Crippen LogP contribution in [-0.4, -0.2) is 19.4 Å². The summed E-state index contributed by atoms with van der Waals surface area (Å²) in [5.41, 5.74) is 4.07. The van der Waals surface area contributed by atoms with E-state index in [4.69, 9.17) is 14.7 Å². The number of benzene rings is 1. The third kappa shape index (κ3) is 2.61. The molecule has 0 saturated heterocycles. The van der Waals surface area contributed by atoms with E-state index in [1.54, 1.807) is 14.2 Å². The molecule has 0 aliphatic carbocycles. The van der Waals surface area contributed by atoms with Gasteiger partial charge < -0.3 is 14.7 Å². The molecule has 15 heavy (non-hydrogen) atoms. The number of hydrogen-bond donors (Lipinski definition) is 2. The standard InChI is InChI=1S/C11H17NO3/c1-4-8-5-11(15-3)9(7-12-13)6-10(8)14-2/h5-6,12-13H,4,7H2,1-3H3. The first-order valence-corrected chi connectivity index (χ1v) is 4.87. The van der Waals surface area contributed by atoms with Gasteiger partial charge in [0.1, 0.15) is 11.5 Å². The zero-order chi connectivity index (χ0) is 11.3. The van der Waals surface area contributed by atoms with E-state index < -0.39 is 0 Å².